The molecule has 0 atom stereocenters. The first-order valence-electron chi connectivity index (χ1n) is 6.05. The molecule has 0 aliphatic rings. The number of phenols is 1. The van der Waals surface area contributed by atoms with E-state index in [1.807, 2.05) is 31.2 Å². The Morgan fingerprint density at radius 1 is 1.20 bits per heavy atom. The summed E-state index contributed by atoms with van der Waals surface area (Å²) in [4.78, 5) is 4.26. The molecule has 5 heteroatoms. The van der Waals surface area contributed by atoms with Crippen molar-refractivity contribution in [2.45, 2.75) is 6.92 Å². The Labute approximate surface area is 127 Å². The van der Waals surface area contributed by atoms with Gasteiger partial charge in [0.15, 0.2) is 0 Å². The lowest BCUT2D eigenvalue weighted by molar-refractivity contribution is 0.340. The zero-order valence-corrected chi connectivity index (χ0v) is 12.3. The van der Waals surface area contributed by atoms with Gasteiger partial charge in [0, 0.05) is 16.8 Å². The van der Waals surface area contributed by atoms with Crippen LogP contribution in [0.15, 0.2) is 41.4 Å². The van der Waals surface area contributed by atoms with Crippen LogP contribution in [-0.4, -0.2) is 17.9 Å². The van der Waals surface area contributed by atoms with Crippen LogP contribution in [0.3, 0.4) is 0 Å². The molecule has 0 saturated carbocycles. The first-order chi connectivity index (χ1) is 9.60. The van der Waals surface area contributed by atoms with Crippen molar-refractivity contribution in [3.63, 3.8) is 0 Å². The standard InChI is InChI=1S/C15H13Cl2NO2/c1-2-20-13-5-3-12(4-6-13)18-9-10-7-11(16)8-14(17)15(10)19/h3-9,19H,2H2,1H3. The van der Waals surface area contributed by atoms with E-state index in [2.05, 4.69) is 4.99 Å². The first-order valence-corrected chi connectivity index (χ1v) is 6.80. The molecule has 0 bridgehead atoms. The Kier molecular flexibility index (Phi) is 4.88. The van der Waals surface area contributed by atoms with Gasteiger partial charge >= 0.3 is 0 Å². The molecule has 0 unspecified atom stereocenters. The predicted molar refractivity (Wildman–Crippen MR) is 83.0 cm³/mol. The van der Waals surface area contributed by atoms with Crippen LogP contribution in [0.4, 0.5) is 5.69 Å². The minimum Gasteiger partial charge on any atom is -0.506 e. The van der Waals surface area contributed by atoms with Gasteiger partial charge in [-0.3, -0.25) is 4.99 Å². The van der Waals surface area contributed by atoms with Gasteiger partial charge in [0.05, 0.1) is 17.3 Å². The zero-order chi connectivity index (χ0) is 14.5. The number of ether oxygens (including phenoxy) is 1. The largest absolute Gasteiger partial charge is 0.506 e. The molecule has 0 aliphatic heterocycles. The van der Waals surface area contributed by atoms with Crippen molar-refractivity contribution in [2.75, 3.05) is 6.61 Å². The van der Waals surface area contributed by atoms with E-state index < -0.39 is 0 Å². The molecule has 0 heterocycles. The summed E-state index contributed by atoms with van der Waals surface area (Å²) in [5, 5.41) is 10.5. The molecule has 0 radical (unpaired) electrons. The van der Waals surface area contributed by atoms with Crippen LogP contribution in [0.2, 0.25) is 10.0 Å². The van der Waals surface area contributed by atoms with Gasteiger partial charge in [-0.1, -0.05) is 23.2 Å². The van der Waals surface area contributed by atoms with E-state index in [-0.39, 0.29) is 10.8 Å². The fourth-order valence-electron chi connectivity index (χ4n) is 1.62. The second-order valence-corrected chi connectivity index (χ2v) is 4.85. The highest BCUT2D eigenvalue weighted by atomic mass is 35.5. The van der Waals surface area contributed by atoms with E-state index in [4.69, 9.17) is 27.9 Å². The van der Waals surface area contributed by atoms with Crippen LogP contribution < -0.4 is 4.74 Å². The topological polar surface area (TPSA) is 41.8 Å². The number of benzene rings is 2. The van der Waals surface area contributed by atoms with Gasteiger partial charge in [-0.25, -0.2) is 0 Å². The molecule has 0 aliphatic carbocycles. The van der Waals surface area contributed by atoms with Crippen LogP contribution in [-0.2, 0) is 0 Å². The van der Waals surface area contributed by atoms with Crippen molar-refractivity contribution in [2.24, 2.45) is 4.99 Å². The van der Waals surface area contributed by atoms with Crippen molar-refractivity contribution < 1.29 is 9.84 Å². The Morgan fingerprint density at radius 3 is 2.55 bits per heavy atom. The number of phenolic OH excluding ortho intramolecular Hbond substituents is 1. The second kappa shape index (κ2) is 6.64. The number of halogens is 2. The van der Waals surface area contributed by atoms with E-state index in [9.17, 15) is 5.11 Å². The van der Waals surface area contributed by atoms with Crippen LogP contribution in [0.25, 0.3) is 0 Å². The molecular formula is C15H13Cl2NO2. The number of rotatable bonds is 4. The van der Waals surface area contributed by atoms with Gasteiger partial charge in [-0.2, -0.15) is 0 Å². The summed E-state index contributed by atoms with van der Waals surface area (Å²) in [6.45, 7) is 2.55. The molecule has 20 heavy (non-hydrogen) atoms. The van der Waals surface area contributed by atoms with Gasteiger partial charge < -0.3 is 9.84 Å². The normalized spacial score (nSPS) is 10.9. The lowest BCUT2D eigenvalue weighted by atomic mass is 10.2. The van der Waals surface area contributed by atoms with E-state index in [0.717, 1.165) is 11.4 Å². The number of hydrogen-bond donors (Lipinski definition) is 1. The minimum atomic E-state index is -0.0363. The quantitative estimate of drug-likeness (QED) is 0.820. The Balaban J connectivity index is 2.21. The molecule has 1 N–H and O–H groups in total. The molecule has 0 aromatic heterocycles. The van der Waals surface area contributed by atoms with Crippen LogP contribution in [0.1, 0.15) is 12.5 Å². The van der Waals surface area contributed by atoms with E-state index in [0.29, 0.717) is 17.2 Å². The maximum absolute atomic E-state index is 9.81. The highest BCUT2D eigenvalue weighted by Gasteiger charge is 2.05. The Bertz CT molecular complexity index is 625. The Hall–Kier alpha value is -1.71. The molecule has 0 fully saturated rings. The highest BCUT2D eigenvalue weighted by molar-refractivity contribution is 6.36. The average Bonchev–Trinajstić information content (AvgIpc) is 2.43. The van der Waals surface area contributed by atoms with E-state index in [1.54, 1.807) is 6.07 Å². The summed E-state index contributed by atoms with van der Waals surface area (Å²) in [6.07, 6.45) is 1.52. The van der Waals surface area contributed by atoms with Crippen LogP contribution >= 0.6 is 23.2 Å². The fraction of sp³-hybridized carbons (Fsp3) is 0.133. The molecular weight excluding hydrogens is 297 g/mol. The van der Waals surface area contributed by atoms with Crippen molar-refractivity contribution in [3.8, 4) is 11.5 Å². The van der Waals surface area contributed by atoms with Gasteiger partial charge in [-0.15, -0.1) is 0 Å². The minimum absolute atomic E-state index is 0.0363. The van der Waals surface area contributed by atoms with Gasteiger partial charge in [-0.05, 0) is 43.3 Å². The molecule has 0 spiro atoms. The lowest BCUT2D eigenvalue weighted by Crippen LogP contribution is -1.89. The van der Waals surface area contributed by atoms with Crippen molar-refractivity contribution in [3.05, 3.63) is 52.0 Å². The third-order valence-electron chi connectivity index (χ3n) is 2.56. The fourth-order valence-corrected chi connectivity index (χ4v) is 2.13. The van der Waals surface area contributed by atoms with E-state index in [1.165, 1.54) is 12.3 Å². The van der Waals surface area contributed by atoms with Crippen molar-refractivity contribution in [1.82, 2.24) is 0 Å². The number of hydrogen-bond acceptors (Lipinski definition) is 3. The maximum Gasteiger partial charge on any atom is 0.143 e. The molecule has 0 saturated heterocycles. The third kappa shape index (κ3) is 3.65. The van der Waals surface area contributed by atoms with Gasteiger partial charge in [0.1, 0.15) is 11.5 Å². The summed E-state index contributed by atoms with van der Waals surface area (Å²) in [7, 11) is 0. The number of aromatic hydroxyl groups is 1. The summed E-state index contributed by atoms with van der Waals surface area (Å²) in [5.41, 5.74) is 1.21. The zero-order valence-electron chi connectivity index (χ0n) is 10.8. The molecule has 2 aromatic carbocycles. The third-order valence-corrected chi connectivity index (χ3v) is 3.06. The van der Waals surface area contributed by atoms with Gasteiger partial charge in [0.25, 0.3) is 0 Å². The maximum atomic E-state index is 9.81. The predicted octanol–water partition coefficient (Wildman–Crippen LogP) is 4.85. The summed E-state index contributed by atoms with van der Waals surface area (Å²) >= 11 is 11.7. The summed E-state index contributed by atoms with van der Waals surface area (Å²) < 4.78 is 5.35. The summed E-state index contributed by atoms with van der Waals surface area (Å²) in [5.74, 6) is 0.755. The highest BCUT2D eigenvalue weighted by Crippen LogP contribution is 2.30. The summed E-state index contributed by atoms with van der Waals surface area (Å²) in [6, 6.07) is 10.4. The van der Waals surface area contributed by atoms with Crippen LogP contribution in [0, 0.1) is 0 Å². The molecule has 104 valence electrons. The number of aliphatic imine (C=N–C) groups is 1. The Morgan fingerprint density at radius 2 is 1.90 bits per heavy atom. The SMILES string of the molecule is CCOc1ccc(N=Cc2cc(Cl)cc(Cl)c2O)cc1. The second-order valence-electron chi connectivity index (χ2n) is 4.01. The van der Waals surface area contributed by atoms with Crippen molar-refractivity contribution in [1.29, 1.82) is 0 Å². The van der Waals surface area contributed by atoms with Crippen LogP contribution in [0.5, 0.6) is 11.5 Å². The molecule has 2 rings (SSSR count). The van der Waals surface area contributed by atoms with Crippen molar-refractivity contribution >= 4 is 35.1 Å². The number of nitrogens with zero attached hydrogens (tertiary/aromatic N) is 1. The molecule has 2 aromatic rings. The molecule has 3 nitrogen and oxygen atoms in total. The average molecular weight is 310 g/mol. The lowest BCUT2D eigenvalue weighted by Gasteiger charge is -2.03. The van der Waals surface area contributed by atoms with Gasteiger partial charge in [0.2, 0.25) is 0 Å². The first kappa shape index (κ1) is 14.7. The smallest absolute Gasteiger partial charge is 0.143 e. The van der Waals surface area contributed by atoms with E-state index >= 15 is 0 Å². The molecule has 0 amide bonds. The monoisotopic (exact) mass is 309 g/mol.